The van der Waals surface area contributed by atoms with Gasteiger partial charge in [0.15, 0.2) is 0 Å². The minimum Gasteiger partial charge on any atom is -0.508 e. The number of aromatic hydroxyl groups is 2. The summed E-state index contributed by atoms with van der Waals surface area (Å²) in [6.07, 6.45) is 1.01. The first-order valence-corrected chi connectivity index (χ1v) is 9.35. The molecule has 5 heteroatoms. The molecule has 0 aromatic heterocycles. The monoisotopic (exact) mass is 362 g/mol. The van der Waals surface area contributed by atoms with Crippen LogP contribution in [-0.4, -0.2) is 34.2 Å². The first-order valence-electron chi connectivity index (χ1n) is 8.58. The second kappa shape index (κ2) is 11.8. The van der Waals surface area contributed by atoms with Crippen molar-refractivity contribution in [3.05, 3.63) is 54.1 Å². The quantitative estimate of drug-likeness (QED) is 0.637. The number of hydrogen-bond acceptors (Lipinski definition) is 5. The molecule has 0 aliphatic rings. The van der Waals surface area contributed by atoms with Gasteiger partial charge in [-0.2, -0.15) is 0 Å². The summed E-state index contributed by atoms with van der Waals surface area (Å²) < 4.78 is 2.34. The molecule has 2 rings (SSSR count). The van der Waals surface area contributed by atoms with Crippen molar-refractivity contribution in [1.82, 2.24) is 4.31 Å². The van der Waals surface area contributed by atoms with E-state index in [0.29, 0.717) is 17.4 Å². The van der Waals surface area contributed by atoms with Gasteiger partial charge in [-0.1, -0.05) is 31.5 Å². The predicted molar refractivity (Wildman–Crippen MR) is 107 cm³/mol. The zero-order chi connectivity index (χ0) is 18.7. The molecule has 0 spiro atoms. The first-order chi connectivity index (χ1) is 11.9. The van der Waals surface area contributed by atoms with Crippen LogP contribution in [0.3, 0.4) is 0 Å². The molecule has 0 bridgehead atoms. The number of phenolic OH excluding ortho intramolecular Hbond substituents is 2. The normalized spacial score (nSPS) is 10.6. The van der Waals surface area contributed by atoms with E-state index in [1.54, 1.807) is 36.2 Å². The third-order valence-electron chi connectivity index (χ3n) is 3.29. The van der Waals surface area contributed by atoms with E-state index in [0.717, 1.165) is 31.0 Å². The van der Waals surface area contributed by atoms with E-state index in [9.17, 15) is 5.11 Å². The van der Waals surface area contributed by atoms with Crippen LogP contribution in [0.2, 0.25) is 0 Å². The Morgan fingerprint density at radius 1 is 0.960 bits per heavy atom. The van der Waals surface area contributed by atoms with Crippen molar-refractivity contribution < 1.29 is 10.2 Å². The standard InChI is InChI=1S/C13H22N2OS.C7H8O/c1-11(2)10-15(9-3-8-14)17-13-6-4-12(16)5-7-13;1-6-2-4-7(8)5-3-6/h4-7,11,16H,3,8-10,14H2,1-2H3;2-5,8H,1H3. The lowest BCUT2D eigenvalue weighted by Crippen LogP contribution is -2.23. The number of aryl methyl sites for hydroxylation is 1. The molecule has 4 nitrogen and oxygen atoms in total. The number of phenols is 2. The molecular formula is C20H30N2O2S. The SMILES string of the molecule is CC(C)CN(CCCN)Sc1ccc(O)cc1.Cc1ccc(O)cc1. The van der Waals surface area contributed by atoms with Crippen LogP contribution in [0.15, 0.2) is 53.4 Å². The second-order valence-electron chi connectivity index (χ2n) is 6.34. The molecule has 0 aliphatic carbocycles. The zero-order valence-electron chi connectivity index (χ0n) is 15.4. The minimum absolute atomic E-state index is 0.312. The summed E-state index contributed by atoms with van der Waals surface area (Å²) in [5.41, 5.74) is 6.72. The molecule has 2 aromatic rings. The topological polar surface area (TPSA) is 69.7 Å². The van der Waals surface area contributed by atoms with Crippen molar-refractivity contribution >= 4 is 11.9 Å². The van der Waals surface area contributed by atoms with Gasteiger partial charge in [-0.15, -0.1) is 0 Å². The smallest absolute Gasteiger partial charge is 0.115 e. The molecule has 0 unspecified atom stereocenters. The maximum atomic E-state index is 9.24. The van der Waals surface area contributed by atoms with E-state index in [-0.39, 0.29) is 0 Å². The van der Waals surface area contributed by atoms with Crippen molar-refractivity contribution in [2.75, 3.05) is 19.6 Å². The highest BCUT2D eigenvalue weighted by atomic mass is 32.2. The maximum Gasteiger partial charge on any atom is 0.115 e. The van der Waals surface area contributed by atoms with Crippen LogP contribution < -0.4 is 5.73 Å². The summed E-state index contributed by atoms with van der Waals surface area (Å²) in [6, 6.07) is 14.4. The van der Waals surface area contributed by atoms with Crippen LogP contribution in [0.5, 0.6) is 11.5 Å². The van der Waals surface area contributed by atoms with Gasteiger partial charge in [-0.3, -0.25) is 0 Å². The zero-order valence-corrected chi connectivity index (χ0v) is 16.2. The fourth-order valence-corrected chi connectivity index (χ4v) is 3.20. The summed E-state index contributed by atoms with van der Waals surface area (Å²) in [4.78, 5) is 1.15. The highest BCUT2D eigenvalue weighted by molar-refractivity contribution is 7.97. The maximum absolute atomic E-state index is 9.24. The van der Waals surface area contributed by atoms with Gasteiger partial charge >= 0.3 is 0 Å². The van der Waals surface area contributed by atoms with Gasteiger partial charge in [0.2, 0.25) is 0 Å². The molecule has 138 valence electrons. The van der Waals surface area contributed by atoms with Gasteiger partial charge in [0, 0.05) is 18.0 Å². The van der Waals surface area contributed by atoms with E-state index in [2.05, 4.69) is 18.2 Å². The highest BCUT2D eigenvalue weighted by Gasteiger charge is 2.08. The average molecular weight is 363 g/mol. The number of benzene rings is 2. The number of nitrogens with two attached hydrogens (primary N) is 1. The van der Waals surface area contributed by atoms with Crippen molar-refractivity contribution in [3.8, 4) is 11.5 Å². The Morgan fingerprint density at radius 2 is 1.48 bits per heavy atom. The second-order valence-corrected chi connectivity index (χ2v) is 7.52. The van der Waals surface area contributed by atoms with E-state index in [1.807, 2.05) is 31.2 Å². The van der Waals surface area contributed by atoms with Crippen LogP contribution >= 0.6 is 11.9 Å². The molecule has 0 aliphatic heterocycles. The predicted octanol–water partition coefficient (Wildman–Crippen LogP) is 4.41. The molecule has 0 atom stereocenters. The Kier molecular flexibility index (Phi) is 10.1. The molecule has 2 aromatic carbocycles. The van der Waals surface area contributed by atoms with Gasteiger partial charge in [0.05, 0.1) is 0 Å². The van der Waals surface area contributed by atoms with Gasteiger partial charge in [0.25, 0.3) is 0 Å². The summed E-state index contributed by atoms with van der Waals surface area (Å²) in [7, 11) is 0. The molecule has 4 N–H and O–H groups in total. The summed E-state index contributed by atoms with van der Waals surface area (Å²) in [5, 5.41) is 18.0. The fourth-order valence-electron chi connectivity index (χ4n) is 2.05. The summed E-state index contributed by atoms with van der Waals surface area (Å²) in [6.45, 7) is 9.19. The van der Waals surface area contributed by atoms with Crippen molar-refractivity contribution in [1.29, 1.82) is 0 Å². The van der Waals surface area contributed by atoms with Crippen LogP contribution in [0.25, 0.3) is 0 Å². The van der Waals surface area contributed by atoms with Crippen LogP contribution in [0, 0.1) is 12.8 Å². The fraction of sp³-hybridized carbons (Fsp3) is 0.400. The summed E-state index contributed by atoms with van der Waals surface area (Å²) >= 11 is 1.73. The lowest BCUT2D eigenvalue weighted by atomic mass is 10.2. The van der Waals surface area contributed by atoms with Gasteiger partial charge in [-0.05, 0) is 74.2 Å². The van der Waals surface area contributed by atoms with Crippen LogP contribution in [0.1, 0.15) is 25.8 Å². The third kappa shape index (κ3) is 10.0. The highest BCUT2D eigenvalue weighted by Crippen LogP contribution is 2.25. The largest absolute Gasteiger partial charge is 0.508 e. The van der Waals surface area contributed by atoms with E-state index in [4.69, 9.17) is 10.8 Å². The first kappa shape index (κ1) is 21.4. The average Bonchev–Trinajstić information content (AvgIpc) is 2.57. The van der Waals surface area contributed by atoms with Crippen molar-refractivity contribution in [2.45, 2.75) is 32.1 Å². The number of nitrogens with zero attached hydrogens (tertiary/aromatic N) is 1. The van der Waals surface area contributed by atoms with Crippen molar-refractivity contribution in [2.24, 2.45) is 11.7 Å². The minimum atomic E-state index is 0.312. The molecule has 0 heterocycles. The lowest BCUT2D eigenvalue weighted by molar-refractivity contribution is 0.402. The van der Waals surface area contributed by atoms with Crippen molar-refractivity contribution in [3.63, 3.8) is 0 Å². The van der Waals surface area contributed by atoms with Gasteiger partial charge < -0.3 is 15.9 Å². The molecule has 0 saturated heterocycles. The molecule has 0 radical (unpaired) electrons. The molecule has 0 fully saturated rings. The molecular weight excluding hydrogens is 332 g/mol. The molecule has 0 saturated carbocycles. The van der Waals surface area contributed by atoms with E-state index < -0.39 is 0 Å². The van der Waals surface area contributed by atoms with E-state index >= 15 is 0 Å². The van der Waals surface area contributed by atoms with Gasteiger partial charge in [-0.25, -0.2) is 4.31 Å². The number of hydrogen-bond donors (Lipinski definition) is 3. The van der Waals surface area contributed by atoms with E-state index in [1.165, 1.54) is 5.56 Å². The Morgan fingerprint density at radius 3 is 1.92 bits per heavy atom. The lowest BCUT2D eigenvalue weighted by Gasteiger charge is -2.22. The molecule has 25 heavy (non-hydrogen) atoms. The Labute approximate surface area is 155 Å². The Hall–Kier alpha value is -1.69. The number of rotatable bonds is 7. The Bertz CT molecular complexity index is 565. The third-order valence-corrected chi connectivity index (χ3v) is 4.36. The van der Waals surface area contributed by atoms with Crippen LogP contribution in [-0.2, 0) is 0 Å². The summed E-state index contributed by atoms with van der Waals surface area (Å²) in [5.74, 6) is 1.28. The van der Waals surface area contributed by atoms with Crippen LogP contribution in [0.4, 0.5) is 0 Å². The molecule has 0 amide bonds. The Balaban J connectivity index is 0.000000324. The van der Waals surface area contributed by atoms with Gasteiger partial charge in [0.1, 0.15) is 11.5 Å².